The highest BCUT2D eigenvalue weighted by atomic mass is 16.2. The maximum Gasteiger partial charge on any atom is 0.225 e. The monoisotopic (exact) mass is 359 g/mol. The van der Waals surface area contributed by atoms with E-state index in [0.717, 1.165) is 44.2 Å². The minimum atomic E-state index is 0.00526. The summed E-state index contributed by atoms with van der Waals surface area (Å²) >= 11 is 0. The fourth-order valence-electron chi connectivity index (χ4n) is 3.54. The van der Waals surface area contributed by atoms with Gasteiger partial charge in [0, 0.05) is 49.8 Å². The molecule has 1 heterocycles. The average molecular weight is 360 g/mol. The minimum absolute atomic E-state index is 0.00526. The molecular formula is C21H33N3O2. The molecule has 2 amide bonds. The molecule has 1 fully saturated rings. The summed E-state index contributed by atoms with van der Waals surface area (Å²) in [6.45, 7) is 5.27. The van der Waals surface area contributed by atoms with E-state index >= 15 is 0 Å². The van der Waals surface area contributed by atoms with Crippen molar-refractivity contribution in [2.45, 2.75) is 71.3 Å². The van der Waals surface area contributed by atoms with Gasteiger partial charge < -0.3 is 10.2 Å². The van der Waals surface area contributed by atoms with Crippen molar-refractivity contribution in [3.8, 4) is 0 Å². The second-order valence-electron chi connectivity index (χ2n) is 7.29. The molecule has 1 atom stereocenters. The van der Waals surface area contributed by atoms with Crippen LogP contribution in [0.15, 0.2) is 24.4 Å². The average Bonchev–Trinajstić information content (AvgIpc) is 2.69. The molecule has 5 heteroatoms. The topological polar surface area (TPSA) is 62.3 Å². The summed E-state index contributed by atoms with van der Waals surface area (Å²) < 4.78 is 0. The van der Waals surface area contributed by atoms with Crippen LogP contribution in [0.2, 0.25) is 0 Å². The van der Waals surface area contributed by atoms with Gasteiger partial charge in [-0.25, -0.2) is 0 Å². The molecule has 0 aromatic carbocycles. The fourth-order valence-corrected chi connectivity index (χ4v) is 3.54. The molecule has 1 aliphatic carbocycles. The molecule has 0 saturated heterocycles. The molecule has 0 aliphatic heterocycles. The first-order chi connectivity index (χ1) is 12.6. The van der Waals surface area contributed by atoms with Gasteiger partial charge in [-0.3, -0.25) is 14.6 Å². The Bertz CT molecular complexity index is 556. The third-order valence-corrected chi connectivity index (χ3v) is 5.37. The lowest BCUT2D eigenvalue weighted by molar-refractivity contribution is -0.139. The van der Waals surface area contributed by atoms with Crippen LogP contribution in [0.5, 0.6) is 0 Å². The van der Waals surface area contributed by atoms with E-state index in [0.29, 0.717) is 19.5 Å². The molecule has 2 rings (SSSR count). The Morgan fingerprint density at radius 1 is 1.27 bits per heavy atom. The second kappa shape index (κ2) is 10.9. The summed E-state index contributed by atoms with van der Waals surface area (Å²) in [5.74, 6) is 0.413. The Balaban J connectivity index is 1.78. The van der Waals surface area contributed by atoms with Crippen molar-refractivity contribution in [3.05, 3.63) is 30.1 Å². The van der Waals surface area contributed by atoms with E-state index in [1.54, 1.807) is 6.20 Å². The Morgan fingerprint density at radius 2 is 2.04 bits per heavy atom. The quantitative estimate of drug-likeness (QED) is 0.735. The Labute approximate surface area is 157 Å². The van der Waals surface area contributed by atoms with Crippen LogP contribution in [0.25, 0.3) is 0 Å². The third-order valence-electron chi connectivity index (χ3n) is 5.37. The van der Waals surface area contributed by atoms with Crippen LogP contribution in [-0.2, 0) is 16.0 Å². The van der Waals surface area contributed by atoms with E-state index in [2.05, 4.69) is 24.1 Å². The Kier molecular flexibility index (Phi) is 8.59. The van der Waals surface area contributed by atoms with E-state index < -0.39 is 0 Å². The number of aromatic nitrogens is 1. The second-order valence-corrected chi connectivity index (χ2v) is 7.29. The highest BCUT2D eigenvalue weighted by molar-refractivity contribution is 5.81. The molecule has 1 unspecified atom stereocenters. The maximum absolute atomic E-state index is 12.9. The van der Waals surface area contributed by atoms with Crippen LogP contribution in [0.1, 0.15) is 64.5 Å². The van der Waals surface area contributed by atoms with Crippen molar-refractivity contribution in [1.82, 2.24) is 15.2 Å². The molecule has 0 radical (unpaired) electrons. The van der Waals surface area contributed by atoms with Gasteiger partial charge in [0.25, 0.3) is 0 Å². The molecule has 1 saturated carbocycles. The number of carbonyl (C=O) groups is 2. The molecule has 1 aromatic heterocycles. The normalized spacial score (nSPS) is 16.1. The van der Waals surface area contributed by atoms with Crippen LogP contribution < -0.4 is 5.32 Å². The lowest BCUT2D eigenvalue weighted by Gasteiger charge is -2.33. The first-order valence-corrected chi connectivity index (χ1v) is 10.1. The van der Waals surface area contributed by atoms with Gasteiger partial charge in [0.15, 0.2) is 0 Å². The molecule has 1 aromatic rings. The summed E-state index contributed by atoms with van der Waals surface area (Å²) in [6, 6.07) is 5.98. The number of nitrogens with one attached hydrogen (secondary N) is 1. The van der Waals surface area contributed by atoms with Gasteiger partial charge in [-0.2, -0.15) is 0 Å². The summed E-state index contributed by atoms with van der Waals surface area (Å²) in [5.41, 5.74) is 0.974. The lowest BCUT2D eigenvalue weighted by atomic mass is 9.88. The highest BCUT2D eigenvalue weighted by Crippen LogP contribution is 2.26. The number of nitrogens with zero attached hydrogens (tertiary/aromatic N) is 2. The van der Waals surface area contributed by atoms with Gasteiger partial charge in [0.2, 0.25) is 11.8 Å². The molecule has 1 aliphatic rings. The number of carbonyl (C=O) groups excluding carboxylic acids is 2. The van der Waals surface area contributed by atoms with Crippen molar-refractivity contribution < 1.29 is 9.59 Å². The van der Waals surface area contributed by atoms with Crippen LogP contribution >= 0.6 is 0 Å². The van der Waals surface area contributed by atoms with E-state index in [1.165, 1.54) is 6.42 Å². The van der Waals surface area contributed by atoms with Crippen molar-refractivity contribution in [3.63, 3.8) is 0 Å². The van der Waals surface area contributed by atoms with E-state index in [4.69, 9.17) is 0 Å². The Morgan fingerprint density at radius 3 is 2.69 bits per heavy atom. The zero-order chi connectivity index (χ0) is 18.8. The van der Waals surface area contributed by atoms with Crippen molar-refractivity contribution in [2.24, 2.45) is 5.92 Å². The maximum atomic E-state index is 12.9. The lowest BCUT2D eigenvalue weighted by Crippen LogP contribution is -2.44. The SMILES string of the molecule is CCC(C)N(CCC(=O)NCCc1ccccn1)C(=O)C1CCCCC1. The van der Waals surface area contributed by atoms with Gasteiger partial charge in [-0.05, 0) is 38.3 Å². The summed E-state index contributed by atoms with van der Waals surface area (Å²) in [5, 5.41) is 2.95. The number of amides is 2. The minimum Gasteiger partial charge on any atom is -0.356 e. The zero-order valence-electron chi connectivity index (χ0n) is 16.2. The van der Waals surface area contributed by atoms with E-state index in [9.17, 15) is 9.59 Å². The summed E-state index contributed by atoms with van der Waals surface area (Å²) in [4.78, 5) is 31.3. The number of pyridine rings is 1. The first-order valence-electron chi connectivity index (χ1n) is 10.1. The van der Waals surface area contributed by atoms with Crippen LogP contribution in [0.4, 0.5) is 0 Å². The van der Waals surface area contributed by atoms with Gasteiger partial charge in [0.05, 0.1) is 0 Å². The Hall–Kier alpha value is -1.91. The van der Waals surface area contributed by atoms with E-state index in [1.807, 2.05) is 23.1 Å². The number of rotatable bonds is 9. The van der Waals surface area contributed by atoms with Crippen molar-refractivity contribution >= 4 is 11.8 Å². The molecule has 26 heavy (non-hydrogen) atoms. The van der Waals surface area contributed by atoms with Gasteiger partial charge in [-0.15, -0.1) is 0 Å². The summed E-state index contributed by atoms with van der Waals surface area (Å²) in [6.07, 6.45) is 9.32. The van der Waals surface area contributed by atoms with Crippen LogP contribution in [0, 0.1) is 5.92 Å². The predicted molar refractivity (Wildman–Crippen MR) is 104 cm³/mol. The van der Waals surface area contributed by atoms with Gasteiger partial charge >= 0.3 is 0 Å². The molecule has 5 nitrogen and oxygen atoms in total. The van der Waals surface area contributed by atoms with Crippen molar-refractivity contribution in [1.29, 1.82) is 0 Å². The molecule has 144 valence electrons. The standard InChI is InChI=1S/C21H33N3O2/c1-3-17(2)24(21(26)18-9-5-4-6-10-18)16-13-20(25)23-15-12-19-11-7-8-14-22-19/h7-8,11,14,17-18H,3-6,9-10,12-13,15-16H2,1-2H3,(H,23,25). The number of hydrogen-bond acceptors (Lipinski definition) is 3. The van der Waals surface area contributed by atoms with Gasteiger partial charge in [0.1, 0.15) is 0 Å². The van der Waals surface area contributed by atoms with Gasteiger partial charge in [-0.1, -0.05) is 32.3 Å². The fraction of sp³-hybridized carbons (Fsp3) is 0.667. The number of hydrogen-bond donors (Lipinski definition) is 1. The van der Waals surface area contributed by atoms with Crippen LogP contribution in [-0.4, -0.2) is 40.8 Å². The van der Waals surface area contributed by atoms with Crippen molar-refractivity contribution in [2.75, 3.05) is 13.1 Å². The first kappa shape index (κ1) is 20.4. The molecular weight excluding hydrogens is 326 g/mol. The third kappa shape index (κ3) is 6.43. The zero-order valence-corrected chi connectivity index (χ0v) is 16.2. The van der Waals surface area contributed by atoms with E-state index in [-0.39, 0.29) is 23.8 Å². The summed E-state index contributed by atoms with van der Waals surface area (Å²) in [7, 11) is 0. The molecule has 1 N–H and O–H groups in total. The largest absolute Gasteiger partial charge is 0.356 e. The predicted octanol–water partition coefficient (Wildman–Crippen LogP) is 3.34. The van der Waals surface area contributed by atoms with Crippen LogP contribution in [0.3, 0.4) is 0 Å². The molecule has 0 bridgehead atoms. The highest BCUT2D eigenvalue weighted by Gasteiger charge is 2.28. The molecule has 0 spiro atoms. The smallest absolute Gasteiger partial charge is 0.225 e.